The molecule has 2 unspecified atom stereocenters. The van der Waals surface area contributed by atoms with Crippen LogP contribution in [-0.2, 0) is 9.53 Å². The molecule has 0 spiro atoms. The lowest BCUT2D eigenvalue weighted by Crippen LogP contribution is -2.52. The highest BCUT2D eigenvalue weighted by molar-refractivity contribution is 5.85. The Morgan fingerprint density at radius 3 is 2.35 bits per heavy atom. The van der Waals surface area contributed by atoms with Crippen molar-refractivity contribution in [2.24, 2.45) is 0 Å². The largest absolute Gasteiger partial charge is 0.372 e. The number of halogens is 1. The van der Waals surface area contributed by atoms with Crippen LogP contribution in [0.25, 0.3) is 0 Å². The third-order valence-corrected chi connectivity index (χ3v) is 4.09. The molecule has 0 bridgehead atoms. The van der Waals surface area contributed by atoms with Crippen molar-refractivity contribution in [1.82, 2.24) is 15.1 Å². The van der Waals surface area contributed by atoms with E-state index in [1.165, 1.54) is 0 Å². The first kappa shape index (κ1) is 17.7. The fourth-order valence-electron chi connectivity index (χ4n) is 3.07. The Bertz CT molecular complexity index is 301. The van der Waals surface area contributed by atoms with Gasteiger partial charge in [-0.25, -0.2) is 0 Å². The van der Waals surface area contributed by atoms with Gasteiger partial charge >= 0.3 is 0 Å². The number of carbonyl (C=O) groups excluding carboxylic acids is 1. The summed E-state index contributed by atoms with van der Waals surface area (Å²) in [5, 5.41) is 3.36. The van der Waals surface area contributed by atoms with Crippen molar-refractivity contribution in [3.8, 4) is 0 Å². The lowest BCUT2D eigenvalue weighted by Gasteiger charge is -2.37. The second-order valence-electron chi connectivity index (χ2n) is 5.95. The number of hydrogen-bond acceptors (Lipinski definition) is 4. The van der Waals surface area contributed by atoms with E-state index in [-0.39, 0.29) is 30.5 Å². The minimum absolute atomic E-state index is 0. The number of ether oxygens (including phenoxy) is 1. The standard InChI is InChI=1S/C14H27N3O2.ClH/c1-11-8-17(9-12(2)19-11)14(18)10-16(3)13-4-6-15-7-5-13;/h11-13,15H,4-10H2,1-3H3;1H. The van der Waals surface area contributed by atoms with Crippen LogP contribution in [0.3, 0.4) is 0 Å². The van der Waals surface area contributed by atoms with Gasteiger partial charge in [-0.2, -0.15) is 0 Å². The topological polar surface area (TPSA) is 44.8 Å². The van der Waals surface area contributed by atoms with Gasteiger partial charge in [0.15, 0.2) is 0 Å². The molecule has 0 saturated carbocycles. The first-order valence-corrected chi connectivity index (χ1v) is 7.40. The molecule has 0 aromatic rings. The van der Waals surface area contributed by atoms with E-state index in [4.69, 9.17) is 4.74 Å². The average Bonchev–Trinajstić information content (AvgIpc) is 2.38. The highest BCUT2D eigenvalue weighted by Gasteiger charge is 2.27. The van der Waals surface area contributed by atoms with E-state index >= 15 is 0 Å². The second-order valence-corrected chi connectivity index (χ2v) is 5.95. The van der Waals surface area contributed by atoms with Crippen LogP contribution in [0.5, 0.6) is 0 Å². The number of piperidine rings is 1. The summed E-state index contributed by atoms with van der Waals surface area (Å²) in [6.45, 7) is 8.18. The van der Waals surface area contributed by atoms with Crippen LogP contribution in [-0.4, -0.2) is 73.7 Å². The summed E-state index contributed by atoms with van der Waals surface area (Å²) < 4.78 is 5.67. The zero-order valence-corrected chi connectivity index (χ0v) is 13.6. The molecule has 5 nitrogen and oxygen atoms in total. The van der Waals surface area contributed by atoms with Gasteiger partial charge in [-0.3, -0.25) is 9.69 Å². The van der Waals surface area contributed by atoms with Crippen LogP contribution in [0.15, 0.2) is 0 Å². The summed E-state index contributed by atoms with van der Waals surface area (Å²) in [6, 6.07) is 0.543. The highest BCUT2D eigenvalue weighted by Crippen LogP contribution is 2.13. The number of nitrogens with one attached hydrogen (secondary N) is 1. The smallest absolute Gasteiger partial charge is 0.236 e. The summed E-state index contributed by atoms with van der Waals surface area (Å²) in [7, 11) is 2.07. The van der Waals surface area contributed by atoms with Gasteiger partial charge in [0.05, 0.1) is 18.8 Å². The van der Waals surface area contributed by atoms with E-state index in [2.05, 4.69) is 17.3 Å². The Balaban J connectivity index is 0.00000200. The molecule has 2 fully saturated rings. The molecule has 118 valence electrons. The normalized spacial score (nSPS) is 28.3. The van der Waals surface area contributed by atoms with Crippen molar-refractivity contribution in [2.45, 2.75) is 44.9 Å². The maximum atomic E-state index is 12.4. The van der Waals surface area contributed by atoms with Crippen LogP contribution in [0.4, 0.5) is 0 Å². The van der Waals surface area contributed by atoms with Gasteiger partial charge in [0, 0.05) is 19.1 Å². The summed E-state index contributed by atoms with van der Waals surface area (Å²) in [5.41, 5.74) is 0. The molecule has 2 saturated heterocycles. The van der Waals surface area contributed by atoms with Crippen LogP contribution in [0, 0.1) is 0 Å². The maximum Gasteiger partial charge on any atom is 0.236 e. The lowest BCUT2D eigenvalue weighted by atomic mass is 10.1. The SMILES string of the molecule is CC1CN(C(=O)CN(C)C2CCNCC2)CC(C)O1.Cl. The molecule has 6 heteroatoms. The molecule has 2 aliphatic heterocycles. The fraction of sp³-hybridized carbons (Fsp3) is 0.929. The van der Waals surface area contributed by atoms with Gasteiger partial charge in [-0.05, 0) is 46.8 Å². The number of amides is 1. The summed E-state index contributed by atoms with van der Waals surface area (Å²) in [5.74, 6) is 0.239. The molecule has 0 aliphatic carbocycles. The monoisotopic (exact) mass is 305 g/mol. The van der Waals surface area contributed by atoms with Crippen molar-refractivity contribution >= 4 is 18.3 Å². The molecule has 0 radical (unpaired) electrons. The zero-order valence-electron chi connectivity index (χ0n) is 12.8. The van der Waals surface area contributed by atoms with Gasteiger partial charge in [-0.15, -0.1) is 12.4 Å². The molecule has 2 heterocycles. The predicted molar refractivity (Wildman–Crippen MR) is 82.4 cm³/mol. The molecule has 2 aliphatic rings. The molecule has 0 aromatic carbocycles. The number of likely N-dealkylation sites (N-methyl/N-ethyl adjacent to an activating group) is 1. The molecule has 1 N–H and O–H groups in total. The minimum atomic E-state index is 0. The summed E-state index contributed by atoms with van der Waals surface area (Å²) in [4.78, 5) is 16.5. The first-order valence-electron chi connectivity index (χ1n) is 7.40. The molecular formula is C14H28ClN3O2. The van der Waals surface area contributed by atoms with Crippen molar-refractivity contribution in [3.63, 3.8) is 0 Å². The van der Waals surface area contributed by atoms with E-state index in [0.717, 1.165) is 39.0 Å². The molecule has 2 rings (SSSR count). The number of rotatable bonds is 3. The van der Waals surface area contributed by atoms with E-state index in [1.54, 1.807) is 0 Å². The van der Waals surface area contributed by atoms with Crippen LogP contribution < -0.4 is 5.32 Å². The Hall–Kier alpha value is -0.360. The van der Waals surface area contributed by atoms with Crippen LogP contribution >= 0.6 is 12.4 Å². The number of carbonyl (C=O) groups is 1. The number of nitrogens with zero attached hydrogens (tertiary/aromatic N) is 2. The highest BCUT2D eigenvalue weighted by atomic mass is 35.5. The average molecular weight is 306 g/mol. The molecule has 1 amide bonds. The third kappa shape index (κ3) is 4.88. The predicted octanol–water partition coefficient (Wildman–Crippen LogP) is 0.728. The zero-order chi connectivity index (χ0) is 13.8. The first-order chi connectivity index (χ1) is 9.06. The third-order valence-electron chi connectivity index (χ3n) is 4.09. The quantitative estimate of drug-likeness (QED) is 0.835. The van der Waals surface area contributed by atoms with Crippen molar-refractivity contribution < 1.29 is 9.53 Å². The number of hydrogen-bond donors (Lipinski definition) is 1. The molecule has 20 heavy (non-hydrogen) atoms. The van der Waals surface area contributed by atoms with Gasteiger partial charge in [0.1, 0.15) is 0 Å². The molecular weight excluding hydrogens is 278 g/mol. The Morgan fingerprint density at radius 2 is 1.80 bits per heavy atom. The van der Waals surface area contributed by atoms with Crippen LogP contribution in [0.2, 0.25) is 0 Å². The second kappa shape index (κ2) is 8.17. The van der Waals surface area contributed by atoms with E-state index < -0.39 is 0 Å². The van der Waals surface area contributed by atoms with E-state index in [9.17, 15) is 4.79 Å². The van der Waals surface area contributed by atoms with Crippen molar-refractivity contribution in [2.75, 3.05) is 39.8 Å². The van der Waals surface area contributed by atoms with Gasteiger partial charge in [0.2, 0.25) is 5.91 Å². The Kier molecular flexibility index (Phi) is 7.23. The minimum Gasteiger partial charge on any atom is -0.372 e. The number of morpholine rings is 1. The van der Waals surface area contributed by atoms with Crippen molar-refractivity contribution in [1.29, 1.82) is 0 Å². The van der Waals surface area contributed by atoms with E-state index in [1.807, 2.05) is 18.7 Å². The van der Waals surface area contributed by atoms with E-state index in [0.29, 0.717) is 12.6 Å². The Morgan fingerprint density at radius 1 is 1.25 bits per heavy atom. The lowest BCUT2D eigenvalue weighted by molar-refractivity contribution is -0.144. The summed E-state index contributed by atoms with van der Waals surface area (Å²) >= 11 is 0. The molecule has 0 aromatic heterocycles. The van der Waals surface area contributed by atoms with Gasteiger partial charge < -0.3 is 15.0 Å². The maximum absolute atomic E-state index is 12.4. The van der Waals surface area contributed by atoms with Gasteiger partial charge in [0.25, 0.3) is 0 Å². The fourth-order valence-corrected chi connectivity index (χ4v) is 3.07. The van der Waals surface area contributed by atoms with Gasteiger partial charge in [-0.1, -0.05) is 0 Å². The molecule has 2 atom stereocenters. The summed E-state index contributed by atoms with van der Waals surface area (Å²) in [6.07, 6.45) is 2.58. The Labute approximate surface area is 128 Å². The van der Waals surface area contributed by atoms with Crippen LogP contribution in [0.1, 0.15) is 26.7 Å². The van der Waals surface area contributed by atoms with Crippen molar-refractivity contribution in [3.05, 3.63) is 0 Å².